The van der Waals surface area contributed by atoms with Crippen molar-refractivity contribution in [3.63, 3.8) is 0 Å². The predicted molar refractivity (Wildman–Crippen MR) is 128 cm³/mol. The van der Waals surface area contributed by atoms with E-state index in [4.69, 9.17) is 8.83 Å². The van der Waals surface area contributed by atoms with Gasteiger partial charge in [0.25, 0.3) is 5.91 Å². The standard InChI is InChI=1S/C25H18F3N5O3S/c26-25(27,28)17-8-4-9-18(12-17)33-22(20-10-5-11-35-20)31-32-24(33)37-15-21-30-19(14-36-21)23(34)29-13-16-6-2-1-3-7-16/h1-12,14H,13,15H2,(H,29,34). The third-order valence-electron chi connectivity index (χ3n) is 5.21. The molecule has 0 aliphatic carbocycles. The van der Waals surface area contributed by atoms with Gasteiger partial charge in [-0.2, -0.15) is 13.2 Å². The van der Waals surface area contributed by atoms with Crippen molar-refractivity contribution in [3.8, 4) is 17.3 Å². The van der Waals surface area contributed by atoms with Crippen molar-refractivity contribution < 1.29 is 26.8 Å². The average Bonchev–Trinajstić information content (AvgIpc) is 3.67. The molecule has 0 aliphatic rings. The summed E-state index contributed by atoms with van der Waals surface area (Å²) < 4.78 is 52.4. The number of alkyl halides is 3. The molecular weight excluding hydrogens is 507 g/mol. The van der Waals surface area contributed by atoms with Crippen LogP contribution in [0.4, 0.5) is 13.2 Å². The number of carbonyl (C=O) groups excluding carboxylic acids is 1. The summed E-state index contributed by atoms with van der Waals surface area (Å²) in [5, 5.41) is 11.3. The van der Waals surface area contributed by atoms with Crippen molar-refractivity contribution in [2.24, 2.45) is 0 Å². The number of rotatable bonds is 8. The lowest BCUT2D eigenvalue weighted by molar-refractivity contribution is -0.137. The number of carbonyl (C=O) groups is 1. The van der Waals surface area contributed by atoms with Gasteiger partial charge in [0.1, 0.15) is 6.26 Å². The van der Waals surface area contributed by atoms with Crippen LogP contribution in [0.3, 0.4) is 0 Å². The Hall–Kier alpha value is -4.32. The number of halogens is 3. The van der Waals surface area contributed by atoms with Crippen LogP contribution < -0.4 is 5.32 Å². The second kappa shape index (κ2) is 10.3. The summed E-state index contributed by atoms with van der Waals surface area (Å²) in [5.74, 6) is 0.580. The van der Waals surface area contributed by atoms with Gasteiger partial charge in [0.05, 0.1) is 23.3 Å². The summed E-state index contributed by atoms with van der Waals surface area (Å²) in [6.07, 6.45) is -1.83. The molecular formula is C25H18F3N5O3S. The highest BCUT2D eigenvalue weighted by atomic mass is 32.2. The molecule has 1 amide bonds. The van der Waals surface area contributed by atoms with Gasteiger partial charge in [-0.3, -0.25) is 9.36 Å². The number of hydrogen-bond donors (Lipinski definition) is 1. The summed E-state index contributed by atoms with van der Waals surface area (Å²) in [5.41, 5.74) is 0.458. The number of oxazole rings is 1. The minimum absolute atomic E-state index is 0.113. The van der Waals surface area contributed by atoms with Gasteiger partial charge >= 0.3 is 6.18 Å². The summed E-state index contributed by atoms with van der Waals surface area (Å²) in [6, 6.07) is 17.5. The average molecular weight is 526 g/mol. The number of benzene rings is 2. The first-order valence-corrected chi connectivity index (χ1v) is 11.9. The lowest BCUT2D eigenvalue weighted by Crippen LogP contribution is -2.23. The lowest BCUT2D eigenvalue weighted by atomic mass is 10.2. The van der Waals surface area contributed by atoms with Gasteiger partial charge in [-0.1, -0.05) is 48.2 Å². The number of nitrogens with one attached hydrogen (secondary N) is 1. The normalized spacial score (nSPS) is 11.5. The molecule has 2 aromatic carbocycles. The molecule has 0 saturated heterocycles. The van der Waals surface area contributed by atoms with Gasteiger partial charge in [0.2, 0.25) is 11.7 Å². The second-order valence-corrected chi connectivity index (χ2v) is 8.69. The van der Waals surface area contributed by atoms with E-state index >= 15 is 0 Å². The third kappa shape index (κ3) is 5.59. The zero-order chi connectivity index (χ0) is 25.8. The molecule has 0 bridgehead atoms. The molecule has 0 unspecified atom stereocenters. The second-order valence-electron chi connectivity index (χ2n) is 7.75. The smallest absolute Gasteiger partial charge is 0.416 e. The van der Waals surface area contributed by atoms with E-state index in [0.29, 0.717) is 17.5 Å². The van der Waals surface area contributed by atoms with Gasteiger partial charge in [-0.25, -0.2) is 4.98 Å². The van der Waals surface area contributed by atoms with Crippen LogP contribution in [0.15, 0.2) is 93.2 Å². The Balaban J connectivity index is 1.35. The quantitative estimate of drug-likeness (QED) is 0.257. The Kier molecular flexibility index (Phi) is 6.82. The Morgan fingerprint density at radius 3 is 2.59 bits per heavy atom. The Labute approximate surface area is 212 Å². The van der Waals surface area contributed by atoms with E-state index in [2.05, 4.69) is 20.5 Å². The highest BCUT2D eigenvalue weighted by Gasteiger charge is 2.31. The molecule has 0 fully saturated rings. The fourth-order valence-corrected chi connectivity index (χ4v) is 4.26. The molecule has 8 nitrogen and oxygen atoms in total. The van der Waals surface area contributed by atoms with Crippen molar-refractivity contribution in [3.05, 3.63) is 102 Å². The first-order chi connectivity index (χ1) is 17.9. The Morgan fingerprint density at radius 1 is 1.00 bits per heavy atom. The maximum absolute atomic E-state index is 13.4. The molecule has 1 N–H and O–H groups in total. The van der Waals surface area contributed by atoms with Crippen LogP contribution in [0, 0.1) is 0 Å². The molecule has 5 rings (SSSR count). The molecule has 12 heteroatoms. The van der Waals surface area contributed by atoms with E-state index in [1.807, 2.05) is 30.3 Å². The minimum atomic E-state index is -4.52. The first-order valence-electron chi connectivity index (χ1n) is 10.9. The topological polar surface area (TPSA) is 99.0 Å². The first kappa shape index (κ1) is 24.4. The molecule has 0 atom stereocenters. The fourth-order valence-electron chi connectivity index (χ4n) is 3.46. The zero-order valence-electron chi connectivity index (χ0n) is 19.0. The number of aromatic nitrogens is 4. The van der Waals surface area contributed by atoms with E-state index < -0.39 is 17.6 Å². The van der Waals surface area contributed by atoms with E-state index in [-0.39, 0.29) is 28.8 Å². The number of furan rings is 1. The van der Waals surface area contributed by atoms with Crippen LogP contribution in [0.1, 0.15) is 27.5 Å². The van der Waals surface area contributed by atoms with Gasteiger partial charge in [-0.15, -0.1) is 10.2 Å². The number of thioether (sulfide) groups is 1. The summed E-state index contributed by atoms with van der Waals surface area (Å²) in [4.78, 5) is 16.6. The van der Waals surface area contributed by atoms with Crippen molar-refractivity contribution in [1.82, 2.24) is 25.1 Å². The fraction of sp³-hybridized carbons (Fsp3) is 0.120. The van der Waals surface area contributed by atoms with Crippen LogP contribution in [0.2, 0.25) is 0 Å². The van der Waals surface area contributed by atoms with E-state index in [1.165, 1.54) is 29.2 Å². The van der Waals surface area contributed by atoms with Gasteiger partial charge in [0, 0.05) is 6.54 Å². The molecule has 0 radical (unpaired) electrons. The molecule has 37 heavy (non-hydrogen) atoms. The van der Waals surface area contributed by atoms with Gasteiger partial charge in [0.15, 0.2) is 16.6 Å². The predicted octanol–water partition coefficient (Wildman–Crippen LogP) is 5.76. The monoisotopic (exact) mass is 525 g/mol. The van der Waals surface area contributed by atoms with E-state index in [0.717, 1.165) is 29.5 Å². The molecule has 0 spiro atoms. The number of nitrogens with zero attached hydrogens (tertiary/aromatic N) is 4. The molecule has 3 heterocycles. The van der Waals surface area contributed by atoms with Crippen LogP contribution in [0.25, 0.3) is 17.3 Å². The molecule has 188 valence electrons. The largest absolute Gasteiger partial charge is 0.461 e. The van der Waals surface area contributed by atoms with Crippen LogP contribution in [0.5, 0.6) is 0 Å². The SMILES string of the molecule is O=C(NCc1ccccc1)c1coc(CSc2nnc(-c3ccco3)n2-c2cccc(C(F)(F)F)c2)n1. The summed E-state index contributed by atoms with van der Waals surface area (Å²) >= 11 is 1.14. The van der Waals surface area contributed by atoms with Crippen LogP contribution in [-0.2, 0) is 18.5 Å². The molecule has 0 aliphatic heterocycles. The van der Waals surface area contributed by atoms with Crippen LogP contribution in [-0.4, -0.2) is 25.7 Å². The Bertz CT molecular complexity index is 1500. The van der Waals surface area contributed by atoms with E-state index in [1.54, 1.807) is 12.1 Å². The highest BCUT2D eigenvalue weighted by Crippen LogP contribution is 2.34. The van der Waals surface area contributed by atoms with Crippen molar-refractivity contribution >= 4 is 17.7 Å². The molecule has 5 aromatic rings. The van der Waals surface area contributed by atoms with E-state index in [9.17, 15) is 18.0 Å². The molecule has 3 aromatic heterocycles. The number of amides is 1. The summed E-state index contributed by atoms with van der Waals surface area (Å²) in [7, 11) is 0. The minimum Gasteiger partial charge on any atom is -0.461 e. The highest BCUT2D eigenvalue weighted by molar-refractivity contribution is 7.98. The van der Waals surface area contributed by atoms with Crippen LogP contribution >= 0.6 is 11.8 Å². The van der Waals surface area contributed by atoms with Gasteiger partial charge < -0.3 is 14.2 Å². The van der Waals surface area contributed by atoms with Crippen molar-refractivity contribution in [1.29, 1.82) is 0 Å². The third-order valence-corrected chi connectivity index (χ3v) is 6.13. The van der Waals surface area contributed by atoms with Crippen molar-refractivity contribution in [2.75, 3.05) is 0 Å². The van der Waals surface area contributed by atoms with Gasteiger partial charge in [-0.05, 0) is 35.9 Å². The lowest BCUT2D eigenvalue weighted by Gasteiger charge is -2.12. The maximum atomic E-state index is 13.4. The zero-order valence-corrected chi connectivity index (χ0v) is 19.8. The Morgan fingerprint density at radius 2 is 1.84 bits per heavy atom. The summed E-state index contributed by atoms with van der Waals surface area (Å²) in [6.45, 7) is 0.340. The maximum Gasteiger partial charge on any atom is 0.416 e. The molecule has 0 saturated carbocycles. The van der Waals surface area contributed by atoms with Crippen molar-refractivity contribution in [2.45, 2.75) is 23.6 Å². The number of hydrogen-bond acceptors (Lipinski definition) is 7.